The second-order valence-electron chi connectivity index (χ2n) is 5.49. The Morgan fingerprint density at radius 3 is 2.74 bits per heavy atom. The van der Waals surface area contributed by atoms with Crippen LogP contribution < -0.4 is 11.4 Å². The zero-order chi connectivity index (χ0) is 14.2. The van der Waals surface area contributed by atoms with Crippen LogP contribution in [-0.4, -0.2) is 26.6 Å². The number of aromatic nitrogens is 2. The van der Waals surface area contributed by atoms with E-state index >= 15 is 0 Å². The highest BCUT2D eigenvalue weighted by Gasteiger charge is 2.30. The predicted molar refractivity (Wildman–Crippen MR) is 68.2 cm³/mol. The lowest BCUT2D eigenvalue weighted by atomic mass is 10.2. The topological polar surface area (TPSA) is 101 Å². The van der Waals surface area contributed by atoms with E-state index in [9.17, 15) is 9.59 Å². The fourth-order valence-electron chi connectivity index (χ4n) is 1.98. The summed E-state index contributed by atoms with van der Waals surface area (Å²) in [4.78, 5) is 31.3. The third kappa shape index (κ3) is 2.93. The van der Waals surface area contributed by atoms with Gasteiger partial charge in [0.1, 0.15) is 5.60 Å². The second-order valence-corrected chi connectivity index (χ2v) is 5.49. The molecule has 1 aromatic rings. The van der Waals surface area contributed by atoms with Crippen molar-refractivity contribution in [1.82, 2.24) is 14.9 Å². The zero-order valence-electron chi connectivity index (χ0n) is 11.3. The SMILES string of the molecule is CC(C)(C)OC(=O)N1Cc2[nH]c(=O)nc(CN)c2C1. The molecule has 0 aliphatic carbocycles. The number of amides is 1. The van der Waals surface area contributed by atoms with Crippen molar-refractivity contribution in [3.8, 4) is 0 Å². The first-order valence-corrected chi connectivity index (χ1v) is 6.09. The smallest absolute Gasteiger partial charge is 0.410 e. The number of hydrogen-bond acceptors (Lipinski definition) is 5. The molecule has 19 heavy (non-hydrogen) atoms. The number of nitrogens with one attached hydrogen (secondary N) is 1. The third-order valence-corrected chi connectivity index (χ3v) is 2.75. The van der Waals surface area contributed by atoms with E-state index in [2.05, 4.69) is 9.97 Å². The molecular weight excluding hydrogens is 248 g/mol. The van der Waals surface area contributed by atoms with Gasteiger partial charge >= 0.3 is 11.8 Å². The molecule has 2 heterocycles. The number of rotatable bonds is 1. The lowest BCUT2D eigenvalue weighted by molar-refractivity contribution is 0.0240. The molecule has 0 saturated heterocycles. The van der Waals surface area contributed by atoms with Crippen LogP contribution in [0, 0.1) is 0 Å². The molecule has 0 aromatic carbocycles. The van der Waals surface area contributed by atoms with Crippen molar-refractivity contribution < 1.29 is 9.53 Å². The molecule has 0 spiro atoms. The van der Waals surface area contributed by atoms with Crippen LogP contribution in [0.5, 0.6) is 0 Å². The molecule has 0 atom stereocenters. The van der Waals surface area contributed by atoms with Crippen LogP contribution in [0.1, 0.15) is 37.7 Å². The van der Waals surface area contributed by atoms with Crippen LogP contribution in [0.25, 0.3) is 0 Å². The van der Waals surface area contributed by atoms with E-state index in [1.54, 1.807) is 0 Å². The van der Waals surface area contributed by atoms with Crippen molar-refractivity contribution in [2.45, 2.75) is 46.0 Å². The summed E-state index contributed by atoms with van der Waals surface area (Å²) < 4.78 is 5.30. The third-order valence-electron chi connectivity index (χ3n) is 2.75. The van der Waals surface area contributed by atoms with E-state index in [0.29, 0.717) is 24.5 Å². The lowest BCUT2D eigenvalue weighted by Gasteiger charge is -2.24. The van der Waals surface area contributed by atoms with Gasteiger partial charge in [-0.2, -0.15) is 4.98 Å². The summed E-state index contributed by atoms with van der Waals surface area (Å²) in [6, 6.07) is 0. The van der Waals surface area contributed by atoms with Gasteiger partial charge in [-0.3, -0.25) is 4.90 Å². The monoisotopic (exact) mass is 266 g/mol. The van der Waals surface area contributed by atoms with Crippen molar-refractivity contribution in [2.24, 2.45) is 5.73 Å². The molecule has 0 unspecified atom stereocenters. The van der Waals surface area contributed by atoms with E-state index in [0.717, 1.165) is 5.56 Å². The molecule has 1 aromatic heterocycles. The number of aromatic amines is 1. The molecule has 7 nitrogen and oxygen atoms in total. The van der Waals surface area contributed by atoms with Crippen molar-refractivity contribution in [3.05, 3.63) is 27.4 Å². The molecule has 1 aliphatic rings. The van der Waals surface area contributed by atoms with E-state index < -0.39 is 17.4 Å². The van der Waals surface area contributed by atoms with Gasteiger partial charge < -0.3 is 15.5 Å². The first kappa shape index (κ1) is 13.5. The number of ether oxygens (including phenoxy) is 1. The molecule has 3 N–H and O–H groups in total. The highest BCUT2D eigenvalue weighted by atomic mass is 16.6. The van der Waals surface area contributed by atoms with Gasteiger partial charge in [0.2, 0.25) is 0 Å². The molecule has 1 aliphatic heterocycles. The largest absolute Gasteiger partial charge is 0.444 e. The minimum Gasteiger partial charge on any atom is -0.444 e. The number of nitrogens with zero attached hydrogens (tertiary/aromatic N) is 2. The fourth-order valence-corrected chi connectivity index (χ4v) is 1.98. The average Bonchev–Trinajstić information content (AvgIpc) is 2.69. The van der Waals surface area contributed by atoms with Crippen LogP contribution >= 0.6 is 0 Å². The van der Waals surface area contributed by atoms with Gasteiger partial charge in [0, 0.05) is 17.8 Å². The second kappa shape index (κ2) is 4.65. The Bertz CT molecular complexity index is 559. The maximum Gasteiger partial charge on any atom is 0.410 e. The van der Waals surface area contributed by atoms with E-state index in [4.69, 9.17) is 10.5 Å². The van der Waals surface area contributed by atoms with Gasteiger partial charge in [-0.25, -0.2) is 9.59 Å². The number of H-pyrrole nitrogens is 1. The summed E-state index contributed by atoms with van der Waals surface area (Å²) in [5, 5.41) is 0. The van der Waals surface area contributed by atoms with Crippen molar-refractivity contribution in [1.29, 1.82) is 0 Å². The Kier molecular flexibility index (Phi) is 3.32. The quantitative estimate of drug-likeness (QED) is 0.769. The van der Waals surface area contributed by atoms with Crippen LogP contribution in [0.2, 0.25) is 0 Å². The minimum absolute atomic E-state index is 0.175. The minimum atomic E-state index is -0.547. The maximum absolute atomic E-state index is 12.0. The number of nitrogens with two attached hydrogens (primary N) is 1. The van der Waals surface area contributed by atoms with Crippen LogP contribution in [-0.2, 0) is 24.4 Å². The van der Waals surface area contributed by atoms with Crippen molar-refractivity contribution >= 4 is 6.09 Å². The van der Waals surface area contributed by atoms with Gasteiger partial charge in [-0.05, 0) is 20.8 Å². The first-order chi connectivity index (χ1) is 8.80. The maximum atomic E-state index is 12.0. The van der Waals surface area contributed by atoms with E-state index in [1.807, 2.05) is 20.8 Å². The van der Waals surface area contributed by atoms with Crippen LogP contribution in [0.3, 0.4) is 0 Å². The van der Waals surface area contributed by atoms with E-state index in [1.165, 1.54) is 4.90 Å². The number of carbonyl (C=O) groups excluding carboxylic acids is 1. The summed E-state index contributed by atoms with van der Waals surface area (Å²) >= 11 is 0. The van der Waals surface area contributed by atoms with Gasteiger partial charge in [-0.15, -0.1) is 0 Å². The molecular formula is C12H18N4O3. The summed E-state index contributed by atoms with van der Waals surface area (Å²) in [5.74, 6) is 0. The Hall–Kier alpha value is -1.89. The molecule has 1 amide bonds. The van der Waals surface area contributed by atoms with Crippen LogP contribution in [0.4, 0.5) is 4.79 Å². The van der Waals surface area contributed by atoms with Gasteiger partial charge in [0.05, 0.1) is 18.8 Å². The van der Waals surface area contributed by atoms with Crippen LogP contribution in [0.15, 0.2) is 4.79 Å². The first-order valence-electron chi connectivity index (χ1n) is 6.09. The molecule has 2 rings (SSSR count). The fraction of sp³-hybridized carbons (Fsp3) is 0.583. The zero-order valence-corrected chi connectivity index (χ0v) is 11.3. The van der Waals surface area contributed by atoms with Gasteiger partial charge in [0.25, 0.3) is 0 Å². The molecule has 0 radical (unpaired) electrons. The summed E-state index contributed by atoms with van der Waals surface area (Å²) in [6.45, 7) is 6.28. The molecule has 7 heteroatoms. The Labute approximate surface area is 110 Å². The Balaban J connectivity index is 2.21. The number of hydrogen-bond donors (Lipinski definition) is 2. The van der Waals surface area contributed by atoms with Crippen molar-refractivity contribution in [3.63, 3.8) is 0 Å². The highest BCUT2D eigenvalue weighted by molar-refractivity contribution is 5.69. The standard InChI is InChI=1S/C12H18N4O3/c1-12(2,3)19-11(18)16-5-7-8(4-13)14-10(17)15-9(7)6-16/h4-6,13H2,1-3H3,(H,14,15,17). The summed E-state index contributed by atoms with van der Waals surface area (Å²) in [5.41, 5.74) is 6.61. The Morgan fingerprint density at radius 2 is 2.16 bits per heavy atom. The van der Waals surface area contributed by atoms with E-state index in [-0.39, 0.29) is 6.54 Å². The Morgan fingerprint density at radius 1 is 1.47 bits per heavy atom. The molecule has 0 fully saturated rings. The summed E-state index contributed by atoms with van der Waals surface area (Å²) in [7, 11) is 0. The molecule has 104 valence electrons. The number of carbonyl (C=O) groups is 1. The van der Waals surface area contributed by atoms with Crippen molar-refractivity contribution in [2.75, 3.05) is 0 Å². The highest BCUT2D eigenvalue weighted by Crippen LogP contribution is 2.23. The summed E-state index contributed by atoms with van der Waals surface area (Å²) in [6.07, 6.45) is -0.410. The number of fused-ring (bicyclic) bond motifs is 1. The average molecular weight is 266 g/mol. The molecule has 0 saturated carbocycles. The molecule has 0 bridgehead atoms. The lowest BCUT2D eigenvalue weighted by Crippen LogP contribution is -2.33. The van der Waals surface area contributed by atoms with Gasteiger partial charge in [0.15, 0.2) is 0 Å². The normalized spacial score (nSPS) is 14.4. The predicted octanol–water partition coefficient (Wildman–Crippen LogP) is 0.479. The van der Waals surface area contributed by atoms with Gasteiger partial charge in [-0.1, -0.05) is 0 Å².